The Hall–Kier alpha value is -1.97. The van der Waals surface area contributed by atoms with E-state index in [-0.39, 0.29) is 44.2 Å². The van der Waals surface area contributed by atoms with Crippen LogP contribution >= 0.6 is 23.7 Å². The number of hydrogen-bond acceptors (Lipinski definition) is 5. The number of thiazole rings is 1. The van der Waals surface area contributed by atoms with Gasteiger partial charge < -0.3 is 10.6 Å². The van der Waals surface area contributed by atoms with Gasteiger partial charge in [0.2, 0.25) is 0 Å². The van der Waals surface area contributed by atoms with Crippen LogP contribution in [-0.4, -0.2) is 41.2 Å². The number of amides is 1. The average Bonchev–Trinajstić information content (AvgIpc) is 3.09. The van der Waals surface area contributed by atoms with Gasteiger partial charge in [-0.3, -0.25) is 9.59 Å². The van der Waals surface area contributed by atoms with Crippen molar-refractivity contribution in [2.75, 3.05) is 19.6 Å². The number of nitrogens with zero attached hydrogens (tertiary/aromatic N) is 2. The predicted molar refractivity (Wildman–Crippen MR) is 101 cm³/mol. The zero-order valence-corrected chi connectivity index (χ0v) is 16.4. The molecule has 2 heterocycles. The fourth-order valence-corrected chi connectivity index (χ4v) is 3.92. The molecule has 10 heteroatoms. The van der Waals surface area contributed by atoms with Gasteiger partial charge in [0, 0.05) is 42.9 Å². The SMILES string of the molecule is Cl.NCCc1nc(C(=O)N2CCC(C(=O)c3c(F)cc(F)cc3F)CC2)cs1. The molecule has 2 N–H and O–H groups in total. The van der Waals surface area contributed by atoms with E-state index in [4.69, 9.17) is 5.73 Å². The van der Waals surface area contributed by atoms with Crippen LogP contribution in [0.3, 0.4) is 0 Å². The van der Waals surface area contributed by atoms with E-state index in [9.17, 15) is 22.8 Å². The molecule has 5 nitrogen and oxygen atoms in total. The molecule has 2 aromatic rings. The molecule has 1 fully saturated rings. The van der Waals surface area contributed by atoms with Crippen molar-refractivity contribution in [1.82, 2.24) is 9.88 Å². The molecule has 0 saturated carbocycles. The molecule has 152 valence electrons. The number of rotatable bonds is 5. The van der Waals surface area contributed by atoms with Crippen molar-refractivity contribution in [3.8, 4) is 0 Å². The highest BCUT2D eigenvalue weighted by molar-refractivity contribution is 7.09. The Morgan fingerprint density at radius 3 is 2.36 bits per heavy atom. The van der Waals surface area contributed by atoms with Gasteiger partial charge in [0.15, 0.2) is 5.78 Å². The first-order valence-corrected chi connectivity index (χ1v) is 9.41. The van der Waals surface area contributed by atoms with Crippen molar-refractivity contribution in [3.63, 3.8) is 0 Å². The second kappa shape index (κ2) is 9.49. The zero-order valence-electron chi connectivity index (χ0n) is 14.8. The summed E-state index contributed by atoms with van der Waals surface area (Å²) in [5, 5.41) is 2.46. The zero-order chi connectivity index (χ0) is 19.6. The highest BCUT2D eigenvalue weighted by atomic mass is 35.5. The molecule has 1 amide bonds. The molecule has 1 aliphatic rings. The second-order valence-corrected chi connectivity index (χ2v) is 7.28. The Morgan fingerprint density at radius 1 is 1.18 bits per heavy atom. The van der Waals surface area contributed by atoms with Crippen molar-refractivity contribution in [1.29, 1.82) is 0 Å². The Kier molecular flexibility index (Phi) is 7.56. The van der Waals surface area contributed by atoms with Gasteiger partial charge >= 0.3 is 0 Å². The van der Waals surface area contributed by atoms with Gasteiger partial charge in [0.05, 0.1) is 10.6 Å². The summed E-state index contributed by atoms with van der Waals surface area (Å²) in [7, 11) is 0. The Labute approximate surface area is 170 Å². The summed E-state index contributed by atoms with van der Waals surface area (Å²) < 4.78 is 40.7. The first kappa shape index (κ1) is 22.3. The van der Waals surface area contributed by atoms with Gasteiger partial charge in [-0.25, -0.2) is 18.2 Å². The molecular formula is C18H19ClF3N3O2S. The summed E-state index contributed by atoms with van der Waals surface area (Å²) in [4.78, 5) is 30.8. The van der Waals surface area contributed by atoms with Crippen molar-refractivity contribution in [3.05, 3.63) is 51.2 Å². The van der Waals surface area contributed by atoms with Gasteiger partial charge in [-0.2, -0.15) is 0 Å². The summed E-state index contributed by atoms with van der Waals surface area (Å²) in [6.07, 6.45) is 1.16. The van der Waals surface area contributed by atoms with E-state index in [1.807, 2.05) is 0 Å². The van der Waals surface area contributed by atoms with E-state index in [0.29, 0.717) is 30.8 Å². The predicted octanol–water partition coefficient (Wildman–Crippen LogP) is 3.22. The van der Waals surface area contributed by atoms with Crippen LogP contribution in [0.5, 0.6) is 0 Å². The molecule has 0 spiro atoms. The number of halogens is 4. The van der Waals surface area contributed by atoms with Crippen LogP contribution in [0.15, 0.2) is 17.5 Å². The maximum absolute atomic E-state index is 13.8. The molecule has 3 rings (SSSR count). The lowest BCUT2D eigenvalue weighted by atomic mass is 9.88. The first-order valence-electron chi connectivity index (χ1n) is 8.53. The molecular weight excluding hydrogens is 415 g/mol. The Morgan fingerprint density at radius 2 is 1.79 bits per heavy atom. The molecule has 0 aliphatic carbocycles. The van der Waals surface area contributed by atoms with Gasteiger partial charge in [-0.15, -0.1) is 23.7 Å². The van der Waals surface area contributed by atoms with E-state index in [1.54, 1.807) is 10.3 Å². The van der Waals surface area contributed by atoms with E-state index in [2.05, 4.69) is 4.98 Å². The van der Waals surface area contributed by atoms with Crippen LogP contribution in [0.2, 0.25) is 0 Å². The molecule has 0 bridgehead atoms. The monoisotopic (exact) mass is 433 g/mol. The smallest absolute Gasteiger partial charge is 0.273 e. The average molecular weight is 434 g/mol. The van der Waals surface area contributed by atoms with Gasteiger partial charge in [0.1, 0.15) is 23.1 Å². The lowest BCUT2D eigenvalue weighted by molar-refractivity contribution is 0.0643. The third-order valence-electron chi connectivity index (χ3n) is 4.54. The number of Topliss-reactive ketones (excluding diaryl/α,β-unsaturated/α-hetero) is 1. The van der Waals surface area contributed by atoms with Crippen LogP contribution in [0.4, 0.5) is 13.2 Å². The van der Waals surface area contributed by atoms with Crippen molar-refractivity contribution in [2.45, 2.75) is 19.3 Å². The topological polar surface area (TPSA) is 76.3 Å². The third-order valence-corrected chi connectivity index (χ3v) is 5.44. The van der Waals surface area contributed by atoms with Crippen molar-refractivity contribution in [2.24, 2.45) is 11.7 Å². The molecule has 0 unspecified atom stereocenters. The highest BCUT2D eigenvalue weighted by Gasteiger charge is 2.32. The van der Waals surface area contributed by atoms with Gasteiger partial charge in [0.25, 0.3) is 5.91 Å². The number of likely N-dealkylation sites (tertiary alicyclic amines) is 1. The molecule has 28 heavy (non-hydrogen) atoms. The maximum atomic E-state index is 13.8. The maximum Gasteiger partial charge on any atom is 0.273 e. The van der Waals surface area contributed by atoms with Crippen molar-refractivity contribution < 1.29 is 22.8 Å². The minimum atomic E-state index is -1.20. The quantitative estimate of drug-likeness (QED) is 0.734. The van der Waals surface area contributed by atoms with Gasteiger partial charge in [-0.05, 0) is 19.4 Å². The number of aromatic nitrogens is 1. The fourth-order valence-electron chi connectivity index (χ4n) is 3.14. The molecule has 1 aliphatic heterocycles. The molecule has 0 radical (unpaired) electrons. The number of piperidine rings is 1. The Balaban J connectivity index is 0.00000280. The highest BCUT2D eigenvalue weighted by Crippen LogP contribution is 2.26. The van der Waals surface area contributed by atoms with Crippen LogP contribution in [-0.2, 0) is 6.42 Å². The fraction of sp³-hybridized carbons (Fsp3) is 0.389. The van der Waals surface area contributed by atoms with E-state index in [0.717, 1.165) is 5.01 Å². The number of hydrogen-bond donors (Lipinski definition) is 1. The molecule has 1 aromatic heterocycles. The van der Waals surface area contributed by atoms with Crippen molar-refractivity contribution >= 4 is 35.4 Å². The lowest BCUT2D eigenvalue weighted by Crippen LogP contribution is -2.40. The largest absolute Gasteiger partial charge is 0.337 e. The van der Waals surface area contributed by atoms with E-state index in [1.165, 1.54) is 11.3 Å². The number of carbonyl (C=O) groups is 2. The molecule has 1 saturated heterocycles. The number of benzene rings is 1. The van der Waals surface area contributed by atoms with E-state index < -0.39 is 34.7 Å². The lowest BCUT2D eigenvalue weighted by Gasteiger charge is -2.31. The number of ketones is 1. The number of nitrogens with two attached hydrogens (primary N) is 1. The molecule has 1 aromatic carbocycles. The summed E-state index contributed by atoms with van der Waals surface area (Å²) in [6, 6.07) is 0.992. The summed E-state index contributed by atoms with van der Waals surface area (Å²) >= 11 is 1.37. The normalized spacial score (nSPS) is 14.6. The second-order valence-electron chi connectivity index (χ2n) is 6.34. The summed E-state index contributed by atoms with van der Waals surface area (Å²) in [5.74, 6) is -5.03. The van der Waals surface area contributed by atoms with Gasteiger partial charge in [-0.1, -0.05) is 0 Å². The summed E-state index contributed by atoms with van der Waals surface area (Å²) in [5.41, 5.74) is 5.10. The molecule has 0 atom stereocenters. The number of carbonyl (C=O) groups excluding carboxylic acids is 2. The Bertz CT molecular complexity index is 847. The summed E-state index contributed by atoms with van der Waals surface area (Å²) in [6.45, 7) is 1.01. The first-order chi connectivity index (χ1) is 12.9. The minimum Gasteiger partial charge on any atom is -0.337 e. The minimum absolute atomic E-state index is 0. The van der Waals surface area contributed by atoms with Crippen LogP contribution in [0.25, 0.3) is 0 Å². The van der Waals surface area contributed by atoms with Crippen LogP contribution in [0, 0.1) is 23.4 Å². The van der Waals surface area contributed by atoms with E-state index >= 15 is 0 Å². The third kappa shape index (κ3) is 4.71. The standard InChI is InChI=1S/C18H18F3N3O2S.ClH/c19-11-7-12(20)16(13(21)8-11)17(25)10-2-5-24(6-3-10)18(26)14-9-27-15(23-14)1-4-22;/h7-10H,1-6,22H2;1H. The van der Waals surface area contributed by atoms with Crippen LogP contribution < -0.4 is 5.73 Å². The van der Waals surface area contributed by atoms with Crippen LogP contribution in [0.1, 0.15) is 38.7 Å².